The normalized spacial score (nSPS) is 8.22. The van der Waals surface area contributed by atoms with Crippen LogP contribution in [0.4, 0.5) is 9.05 Å². The van der Waals surface area contributed by atoms with Crippen LogP contribution in [0.15, 0.2) is 0 Å². The van der Waals surface area contributed by atoms with Crippen molar-refractivity contribution in [3.63, 3.8) is 0 Å². The second-order valence-electron chi connectivity index (χ2n) is 1.08. The Morgan fingerprint density at radius 2 is 1.44 bits per heavy atom. The smallest absolute Gasteiger partial charge is 0.254 e. The van der Waals surface area contributed by atoms with Gasteiger partial charge in [0, 0.05) is 9.05 Å². The zero-order valence-electron chi connectivity index (χ0n) is 4.10. The molecule has 0 heterocycles. The van der Waals surface area contributed by atoms with Crippen molar-refractivity contribution in [2.24, 2.45) is 0 Å². The van der Waals surface area contributed by atoms with Gasteiger partial charge >= 0.3 is 11.9 Å². The maximum atomic E-state index is 10.7. The third kappa shape index (κ3) is 3.39. The fraction of sp³-hybridized carbons (Fsp3) is 0.333. The first-order valence-corrected chi connectivity index (χ1v) is 1.83. The van der Waals surface area contributed by atoms with E-state index in [-0.39, 0.29) is 0 Å². The molecule has 0 saturated carbocycles. The summed E-state index contributed by atoms with van der Waals surface area (Å²) in [5, 5.41) is 0. The van der Waals surface area contributed by atoms with Crippen LogP contribution in [0, 0.1) is 0 Å². The number of carbonyl (C=O) groups excluding carboxylic acids is 2. The van der Waals surface area contributed by atoms with E-state index in [0.717, 1.165) is 0 Å². The fourth-order valence-corrected chi connectivity index (χ4v) is 0.172. The highest BCUT2D eigenvalue weighted by atomic mass is 19.3. The summed E-state index contributed by atoms with van der Waals surface area (Å²) in [7, 11) is 0. The molecule has 0 amide bonds. The SMILES string of the molecule is O=C(CC(=O)OF)OF. The highest BCUT2D eigenvalue weighted by Crippen LogP contribution is 1.90. The molecule has 4 nitrogen and oxygen atoms in total. The molecule has 0 unspecified atom stereocenters. The van der Waals surface area contributed by atoms with Crippen LogP contribution in [0.2, 0.25) is 0 Å². The molecule has 0 aliphatic rings. The van der Waals surface area contributed by atoms with Crippen molar-refractivity contribution in [2.75, 3.05) is 0 Å². The highest BCUT2D eigenvalue weighted by molar-refractivity contribution is 5.90. The summed E-state index contributed by atoms with van der Waals surface area (Å²) < 4.78 is 21.4. The Morgan fingerprint density at radius 1 is 1.11 bits per heavy atom. The molecule has 0 radical (unpaired) electrons. The topological polar surface area (TPSA) is 52.6 Å². The summed E-state index contributed by atoms with van der Waals surface area (Å²) in [6, 6.07) is 0. The van der Waals surface area contributed by atoms with Gasteiger partial charge in [0.25, 0.3) is 0 Å². The molecule has 0 saturated heterocycles. The number of rotatable bonds is 2. The van der Waals surface area contributed by atoms with Crippen LogP contribution in [0.25, 0.3) is 0 Å². The van der Waals surface area contributed by atoms with Crippen molar-refractivity contribution >= 4 is 11.9 Å². The lowest BCUT2D eigenvalue weighted by molar-refractivity contribution is -0.197. The van der Waals surface area contributed by atoms with Gasteiger partial charge < -0.3 is 0 Å². The molecule has 0 aromatic carbocycles. The summed E-state index contributed by atoms with van der Waals surface area (Å²) in [6.07, 6.45) is -1.06. The Hall–Kier alpha value is -1.20. The Bertz CT molecular complexity index is 109. The lowest BCUT2D eigenvalue weighted by atomic mass is 10.5. The number of carbonyl (C=O) groups is 2. The molecule has 0 aliphatic heterocycles. The van der Waals surface area contributed by atoms with Crippen LogP contribution in [0.1, 0.15) is 6.42 Å². The average Bonchev–Trinajstić information content (AvgIpc) is 1.87. The molecule has 0 aromatic rings. The van der Waals surface area contributed by atoms with E-state index in [4.69, 9.17) is 0 Å². The zero-order valence-corrected chi connectivity index (χ0v) is 4.10. The molecule has 0 N–H and O–H groups in total. The maximum absolute atomic E-state index is 10.7. The van der Waals surface area contributed by atoms with Crippen molar-refractivity contribution in [2.45, 2.75) is 6.42 Å². The lowest BCUT2D eigenvalue weighted by Crippen LogP contribution is -2.07. The minimum atomic E-state index is -1.49. The quantitative estimate of drug-likeness (QED) is 0.515. The van der Waals surface area contributed by atoms with Gasteiger partial charge in [-0.05, 0) is 0 Å². The Balaban J connectivity index is 3.47. The lowest BCUT2D eigenvalue weighted by Gasteiger charge is -1.87. The summed E-state index contributed by atoms with van der Waals surface area (Å²) in [5.74, 6) is -2.98. The van der Waals surface area contributed by atoms with Gasteiger partial charge in [-0.1, -0.05) is 0 Å². The van der Waals surface area contributed by atoms with Gasteiger partial charge in [0.15, 0.2) is 6.42 Å². The third-order valence-corrected chi connectivity index (χ3v) is 0.461. The highest BCUT2D eigenvalue weighted by Gasteiger charge is 2.12. The van der Waals surface area contributed by atoms with Crippen molar-refractivity contribution in [3.8, 4) is 0 Å². The minimum Gasteiger partial charge on any atom is -0.254 e. The minimum absolute atomic E-state index is 1.06. The zero-order chi connectivity index (χ0) is 7.28. The van der Waals surface area contributed by atoms with Crippen LogP contribution < -0.4 is 0 Å². The molecule has 0 atom stereocenters. The van der Waals surface area contributed by atoms with Gasteiger partial charge in [0.2, 0.25) is 0 Å². The average molecular weight is 140 g/mol. The molecule has 0 spiro atoms. The van der Waals surface area contributed by atoms with E-state index in [0.29, 0.717) is 0 Å². The Morgan fingerprint density at radius 3 is 1.67 bits per heavy atom. The van der Waals surface area contributed by atoms with Gasteiger partial charge in [-0.15, -0.1) is 0 Å². The molecule has 0 bridgehead atoms. The van der Waals surface area contributed by atoms with Gasteiger partial charge in [-0.25, -0.2) is 9.59 Å². The molecule has 0 aromatic heterocycles. The van der Waals surface area contributed by atoms with E-state index in [2.05, 4.69) is 9.88 Å². The number of halogens is 2. The van der Waals surface area contributed by atoms with Gasteiger partial charge in [0.05, 0.1) is 0 Å². The molecule has 9 heavy (non-hydrogen) atoms. The Kier molecular flexibility index (Phi) is 3.26. The van der Waals surface area contributed by atoms with Crippen LogP contribution in [0.5, 0.6) is 0 Å². The second-order valence-corrected chi connectivity index (χ2v) is 1.08. The van der Waals surface area contributed by atoms with Crippen molar-refractivity contribution < 1.29 is 28.5 Å². The van der Waals surface area contributed by atoms with E-state index < -0.39 is 18.4 Å². The van der Waals surface area contributed by atoms with Crippen molar-refractivity contribution in [1.29, 1.82) is 0 Å². The summed E-state index contributed by atoms with van der Waals surface area (Å²) in [6.45, 7) is 0. The van der Waals surface area contributed by atoms with Crippen LogP contribution >= 0.6 is 0 Å². The summed E-state index contributed by atoms with van der Waals surface area (Å²) in [5.41, 5.74) is 0. The van der Waals surface area contributed by atoms with Crippen molar-refractivity contribution in [1.82, 2.24) is 0 Å². The molecular formula is C3H2F2O4. The van der Waals surface area contributed by atoms with E-state index in [1.54, 1.807) is 0 Å². The van der Waals surface area contributed by atoms with E-state index in [1.807, 2.05) is 0 Å². The van der Waals surface area contributed by atoms with E-state index >= 15 is 0 Å². The van der Waals surface area contributed by atoms with Crippen molar-refractivity contribution in [3.05, 3.63) is 0 Å². The first-order valence-electron chi connectivity index (χ1n) is 1.83. The van der Waals surface area contributed by atoms with E-state index in [1.165, 1.54) is 0 Å². The number of hydrogen-bond acceptors (Lipinski definition) is 4. The van der Waals surface area contributed by atoms with Gasteiger partial charge in [-0.2, -0.15) is 0 Å². The largest absolute Gasteiger partial charge is 0.360 e. The summed E-state index contributed by atoms with van der Waals surface area (Å²) in [4.78, 5) is 24.5. The van der Waals surface area contributed by atoms with Crippen LogP contribution in [0.3, 0.4) is 0 Å². The molecule has 0 aliphatic carbocycles. The van der Waals surface area contributed by atoms with E-state index in [9.17, 15) is 18.6 Å². The predicted octanol–water partition coefficient (Wildman–Crippen LogP) is 0.232. The van der Waals surface area contributed by atoms with Gasteiger partial charge in [-0.3, -0.25) is 9.88 Å². The van der Waals surface area contributed by atoms with Crippen LogP contribution in [-0.4, -0.2) is 11.9 Å². The third-order valence-electron chi connectivity index (χ3n) is 0.461. The monoisotopic (exact) mass is 140 g/mol. The number of hydrogen-bond donors (Lipinski definition) is 0. The molecule has 52 valence electrons. The summed E-state index contributed by atoms with van der Waals surface area (Å²) >= 11 is 0. The first-order chi connectivity index (χ1) is 4.20. The second kappa shape index (κ2) is 3.76. The maximum Gasteiger partial charge on any atom is 0.360 e. The van der Waals surface area contributed by atoms with Gasteiger partial charge in [0.1, 0.15) is 0 Å². The standard InChI is InChI=1S/C3H2F2O4/c4-8-2(6)1-3(7)9-5/h1H2. The Labute approximate surface area is 48.2 Å². The molecule has 0 rings (SSSR count). The predicted molar refractivity (Wildman–Crippen MR) is 19.0 cm³/mol. The molecule has 6 heteroatoms. The fourth-order valence-electron chi connectivity index (χ4n) is 0.172. The van der Waals surface area contributed by atoms with Crippen LogP contribution in [-0.2, 0) is 19.5 Å². The molecule has 0 fully saturated rings. The molecular weight excluding hydrogens is 138 g/mol. The first kappa shape index (κ1) is 7.80.